The number of alkyl halides is 1. The summed E-state index contributed by atoms with van der Waals surface area (Å²) in [5, 5.41) is 17.7. The van der Waals surface area contributed by atoms with Crippen LogP contribution in [0.5, 0.6) is 0 Å². The van der Waals surface area contributed by atoms with E-state index in [1.54, 1.807) is 0 Å². The van der Waals surface area contributed by atoms with Crippen LogP contribution in [-0.4, -0.2) is 48.8 Å². The van der Waals surface area contributed by atoms with Crippen molar-refractivity contribution in [2.75, 3.05) is 32.3 Å². The van der Waals surface area contributed by atoms with E-state index in [1.165, 1.54) is 25.7 Å². The summed E-state index contributed by atoms with van der Waals surface area (Å²) in [7, 11) is 0. The van der Waals surface area contributed by atoms with Gasteiger partial charge in [-0.3, -0.25) is 0 Å². The molecule has 0 aliphatic carbocycles. The maximum absolute atomic E-state index is 8.84. The third kappa shape index (κ3) is 24.0. The largest absolute Gasteiger partial charge is 0.396 e. The Bertz CT molecular complexity index is 310. The van der Waals surface area contributed by atoms with E-state index < -0.39 is 0 Å². The van der Waals surface area contributed by atoms with Gasteiger partial charge in [0.2, 0.25) is 0 Å². The van der Waals surface area contributed by atoms with E-state index in [4.69, 9.17) is 31.3 Å². The molecule has 0 heterocycles. The highest BCUT2D eigenvalue weighted by atomic mass is 35.5. The second-order valence-electron chi connectivity index (χ2n) is 7.74. The molecule has 0 atom stereocenters. The number of aliphatic hydroxyl groups is 2. The molecule has 0 rings (SSSR count). The van der Waals surface area contributed by atoms with E-state index in [1.807, 2.05) is 0 Å². The molecule has 0 fully saturated rings. The van der Waals surface area contributed by atoms with Gasteiger partial charge in [-0.2, -0.15) is 0 Å². The third-order valence-electron chi connectivity index (χ3n) is 4.97. The molecule has 0 saturated heterocycles. The van der Waals surface area contributed by atoms with Crippen molar-refractivity contribution in [2.24, 2.45) is 0 Å². The molecule has 0 unspecified atom stereocenters. The molecule has 0 radical (unpaired) electrons. The van der Waals surface area contributed by atoms with Crippen molar-refractivity contribution in [3.63, 3.8) is 0 Å². The number of aliphatic hydroxyl groups excluding tert-OH is 2. The van der Waals surface area contributed by atoms with Gasteiger partial charge in [-0.05, 0) is 57.8 Å². The van der Waals surface area contributed by atoms with Crippen LogP contribution in [0.3, 0.4) is 0 Å². The minimum Gasteiger partial charge on any atom is -0.396 e. The lowest BCUT2D eigenvalue weighted by atomic mass is 10.1. The lowest BCUT2D eigenvalue weighted by Gasteiger charge is -2.19. The summed E-state index contributed by atoms with van der Waals surface area (Å²) < 4.78 is 12.0. The van der Waals surface area contributed by atoms with Crippen LogP contribution in [0.2, 0.25) is 0 Å². The van der Waals surface area contributed by atoms with E-state index in [2.05, 4.69) is 12.2 Å². The molecule has 0 amide bonds. The van der Waals surface area contributed by atoms with Crippen molar-refractivity contribution in [3.8, 4) is 0 Å². The van der Waals surface area contributed by atoms with Crippen LogP contribution in [0, 0.1) is 0 Å². The molecule has 0 aromatic carbocycles. The second-order valence-corrected chi connectivity index (χ2v) is 8.12. The summed E-state index contributed by atoms with van der Waals surface area (Å²) >= 11 is 5.65. The van der Waals surface area contributed by atoms with Gasteiger partial charge in [-0.1, -0.05) is 57.1 Å². The fourth-order valence-electron chi connectivity index (χ4n) is 3.18. The Balaban J connectivity index is 3.79. The predicted molar refractivity (Wildman–Crippen MR) is 124 cm³/mol. The van der Waals surface area contributed by atoms with Crippen LogP contribution >= 0.6 is 11.6 Å². The van der Waals surface area contributed by atoms with E-state index in [0.717, 1.165) is 90.3 Å². The number of hydrogen-bond acceptors (Lipinski definition) is 4. The lowest BCUT2D eigenvalue weighted by molar-refractivity contribution is -0.148. The van der Waals surface area contributed by atoms with Crippen LogP contribution < -0.4 is 0 Å². The zero-order valence-corrected chi connectivity index (χ0v) is 19.4. The first-order valence-electron chi connectivity index (χ1n) is 12.0. The minimum atomic E-state index is -0.0795. The molecule has 4 nitrogen and oxygen atoms in total. The van der Waals surface area contributed by atoms with Gasteiger partial charge in [-0.15, -0.1) is 11.6 Å². The van der Waals surface area contributed by atoms with E-state index in [-0.39, 0.29) is 19.5 Å². The fraction of sp³-hybridized carbons (Fsp3) is 0.917. The number of rotatable bonds is 24. The lowest BCUT2D eigenvalue weighted by Crippen LogP contribution is -2.19. The normalized spacial score (nSPS) is 11.9. The Hall–Kier alpha value is -0.130. The molecule has 0 aromatic rings. The summed E-state index contributed by atoms with van der Waals surface area (Å²) in [4.78, 5) is 0. The number of halogens is 1. The monoisotopic (exact) mass is 434 g/mol. The SMILES string of the molecule is OCCCCCCOC(CCCCCCC/C=C/CCCl)OCCCCCCO. The molecule has 0 spiro atoms. The van der Waals surface area contributed by atoms with Gasteiger partial charge < -0.3 is 19.7 Å². The number of unbranched alkanes of at least 4 members (excludes halogenated alkanes) is 11. The Kier molecular flexibility index (Phi) is 25.8. The predicted octanol–water partition coefficient (Wildman–Crippen LogP) is 6.37. The summed E-state index contributed by atoms with van der Waals surface area (Å²) in [6.07, 6.45) is 21.9. The first-order chi connectivity index (χ1) is 14.3. The van der Waals surface area contributed by atoms with Gasteiger partial charge in [0.25, 0.3) is 0 Å². The van der Waals surface area contributed by atoms with E-state index in [9.17, 15) is 0 Å². The maximum Gasteiger partial charge on any atom is 0.157 e. The molecular formula is C24H47ClO4. The van der Waals surface area contributed by atoms with Gasteiger partial charge in [-0.25, -0.2) is 0 Å². The minimum absolute atomic E-state index is 0.0795. The van der Waals surface area contributed by atoms with Gasteiger partial charge in [0, 0.05) is 32.3 Å². The molecule has 5 heteroatoms. The zero-order valence-electron chi connectivity index (χ0n) is 18.7. The summed E-state index contributed by atoms with van der Waals surface area (Å²) in [5.74, 6) is 0.715. The molecule has 0 saturated carbocycles. The van der Waals surface area contributed by atoms with Crippen molar-refractivity contribution < 1.29 is 19.7 Å². The Morgan fingerprint density at radius 3 is 1.66 bits per heavy atom. The van der Waals surface area contributed by atoms with E-state index in [0.29, 0.717) is 5.88 Å². The topological polar surface area (TPSA) is 58.9 Å². The molecular weight excluding hydrogens is 388 g/mol. The van der Waals surface area contributed by atoms with Crippen LogP contribution in [-0.2, 0) is 9.47 Å². The molecule has 0 bridgehead atoms. The van der Waals surface area contributed by atoms with Crippen LogP contribution in [0.25, 0.3) is 0 Å². The molecule has 29 heavy (non-hydrogen) atoms. The highest BCUT2D eigenvalue weighted by Gasteiger charge is 2.09. The number of hydrogen-bond donors (Lipinski definition) is 2. The smallest absolute Gasteiger partial charge is 0.157 e. The first-order valence-corrected chi connectivity index (χ1v) is 12.5. The van der Waals surface area contributed by atoms with Crippen molar-refractivity contribution in [1.29, 1.82) is 0 Å². The Morgan fingerprint density at radius 2 is 1.07 bits per heavy atom. The first kappa shape index (κ1) is 28.9. The molecule has 174 valence electrons. The number of allylic oxidation sites excluding steroid dienone is 2. The molecule has 0 aliphatic heterocycles. The van der Waals surface area contributed by atoms with Crippen molar-refractivity contribution >= 4 is 11.6 Å². The summed E-state index contributed by atoms with van der Waals surface area (Å²) in [6.45, 7) is 2.06. The van der Waals surface area contributed by atoms with Crippen LogP contribution in [0.1, 0.15) is 103 Å². The Labute approximate surface area is 185 Å². The van der Waals surface area contributed by atoms with Gasteiger partial charge in [0.1, 0.15) is 0 Å². The van der Waals surface area contributed by atoms with Crippen LogP contribution in [0.4, 0.5) is 0 Å². The second kappa shape index (κ2) is 25.9. The standard InChI is InChI=1S/C24H47ClO4/c25-19-13-7-5-3-1-2-4-6-12-18-24(28-22-16-10-8-14-20-26)29-23-17-11-9-15-21-27/h5,7,24,26-27H,1-4,6,8-23H2/b7-5+. The van der Waals surface area contributed by atoms with Gasteiger partial charge in [0.15, 0.2) is 6.29 Å². The number of ether oxygens (including phenoxy) is 2. The third-order valence-corrected chi connectivity index (χ3v) is 5.18. The quantitative estimate of drug-likeness (QED) is 0.0801. The van der Waals surface area contributed by atoms with Gasteiger partial charge in [0.05, 0.1) is 0 Å². The van der Waals surface area contributed by atoms with Crippen molar-refractivity contribution in [2.45, 2.75) is 109 Å². The molecule has 0 aromatic heterocycles. The highest BCUT2D eigenvalue weighted by Crippen LogP contribution is 2.13. The van der Waals surface area contributed by atoms with Crippen molar-refractivity contribution in [1.82, 2.24) is 0 Å². The zero-order chi connectivity index (χ0) is 21.3. The molecule has 2 N–H and O–H groups in total. The van der Waals surface area contributed by atoms with E-state index >= 15 is 0 Å². The van der Waals surface area contributed by atoms with Crippen molar-refractivity contribution in [3.05, 3.63) is 12.2 Å². The van der Waals surface area contributed by atoms with Gasteiger partial charge >= 0.3 is 0 Å². The maximum atomic E-state index is 8.84. The average Bonchev–Trinajstić information content (AvgIpc) is 2.73. The Morgan fingerprint density at radius 1 is 0.586 bits per heavy atom. The summed E-state index contributed by atoms with van der Waals surface area (Å²) in [6, 6.07) is 0. The fourth-order valence-corrected chi connectivity index (χ4v) is 3.31. The van der Waals surface area contributed by atoms with Crippen LogP contribution in [0.15, 0.2) is 12.2 Å². The summed E-state index contributed by atoms with van der Waals surface area (Å²) in [5.41, 5.74) is 0. The molecule has 0 aliphatic rings. The average molecular weight is 435 g/mol. The highest BCUT2D eigenvalue weighted by molar-refractivity contribution is 6.17.